The van der Waals surface area contributed by atoms with Crippen molar-refractivity contribution in [3.63, 3.8) is 0 Å². The van der Waals surface area contributed by atoms with Crippen molar-refractivity contribution in [3.05, 3.63) is 58.1 Å². The van der Waals surface area contributed by atoms with E-state index >= 15 is 0 Å². The Balaban J connectivity index is 2.55. The number of aryl methyl sites for hydroxylation is 1. The number of nitrogens with zero attached hydrogens (tertiary/aromatic N) is 1. The number of unbranched alkanes of at least 4 members (excludes halogenated alkanes) is 1. The van der Waals surface area contributed by atoms with Crippen molar-refractivity contribution >= 4 is 38.9 Å². The van der Waals surface area contributed by atoms with Crippen molar-refractivity contribution in [1.82, 2.24) is 0 Å². The lowest BCUT2D eigenvalue weighted by Crippen LogP contribution is -2.32. The molecule has 0 radical (unpaired) electrons. The van der Waals surface area contributed by atoms with Gasteiger partial charge in [0.15, 0.2) is 0 Å². The SMILES string of the molecule is CCCCN(c1ccccc1)S(=O)(=O)c1cc(C)c(Cl)cc1Cl. The smallest absolute Gasteiger partial charge is 0.265 e. The molecule has 0 unspecified atom stereocenters. The summed E-state index contributed by atoms with van der Waals surface area (Å²) in [7, 11) is -3.75. The summed E-state index contributed by atoms with van der Waals surface area (Å²) in [5, 5.41) is 0.590. The molecule has 0 amide bonds. The molecule has 2 aromatic rings. The molecule has 2 rings (SSSR count). The highest BCUT2D eigenvalue weighted by Crippen LogP contribution is 2.32. The first-order valence-electron chi connectivity index (χ1n) is 7.41. The van der Waals surface area contributed by atoms with Crippen LogP contribution >= 0.6 is 23.2 Å². The highest BCUT2D eigenvalue weighted by atomic mass is 35.5. The molecule has 0 heterocycles. The number of benzene rings is 2. The quantitative estimate of drug-likeness (QED) is 0.690. The number of hydrogen-bond donors (Lipinski definition) is 0. The molecule has 0 atom stereocenters. The topological polar surface area (TPSA) is 37.4 Å². The fraction of sp³-hybridized carbons (Fsp3) is 0.294. The van der Waals surface area contributed by atoms with Crippen LogP contribution in [0.1, 0.15) is 25.3 Å². The zero-order valence-corrected chi connectivity index (χ0v) is 15.4. The fourth-order valence-corrected chi connectivity index (χ4v) is 4.54. The van der Waals surface area contributed by atoms with Crippen LogP contribution in [-0.2, 0) is 10.0 Å². The molecule has 0 saturated heterocycles. The zero-order valence-electron chi connectivity index (χ0n) is 13.1. The van der Waals surface area contributed by atoms with Crippen molar-refractivity contribution in [2.24, 2.45) is 0 Å². The third kappa shape index (κ3) is 4.00. The molecule has 0 aliphatic carbocycles. The van der Waals surface area contributed by atoms with Gasteiger partial charge in [0.25, 0.3) is 10.0 Å². The highest BCUT2D eigenvalue weighted by Gasteiger charge is 2.27. The van der Waals surface area contributed by atoms with Gasteiger partial charge in [-0.05, 0) is 43.2 Å². The predicted octanol–water partition coefficient (Wildman–Crippen LogP) is 5.30. The van der Waals surface area contributed by atoms with Crippen LogP contribution in [0.4, 0.5) is 5.69 Å². The van der Waals surface area contributed by atoms with Crippen molar-refractivity contribution in [2.45, 2.75) is 31.6 Å². The number of halogens is 2. The Bertz CT molecular complexity index is 777. The summed E-state index contributed by atoms with van der Waals surface area (Å²) in [5.41, 5.74) is 1.31. The van der Waals surface area contributed by atoms with E-state index in [-0.39, 0.29) is 9.92 Å². The van der Waals surface area contributed by atoms with Gasteiger partial charge in [0.05, 0.1) is 10.7 Å². The van der Waals surface area contributed by atoms with E-state index < -0.39 is 10.0 Å². The minimum Gasteiger partial charge on any atom is -0.266 e. The van der Waals surface area contributed by atoms with E-state index in [2.05, 4.69) is 0 Å². The molecule has 0 saturated carbocycles. The van der Waals surface area contributed by atoms with Gasteiger partial charge in [-0.25, -0.2) is 8.42 Å². The van der Waals surface area contributed by atoms with Crippen LogP contribution in [0.5, 0.6) is 0 Å². The van der Waals surface area contributed by atoms with Crippen molar-refractivity contribution < 1.29 is 8.42 Å². The first-order chi connectivity index (χ1) is 10.9. The lowest BCUT2D eigenvalue weighted by atomic mass is 10.2. The number of sulfonamides is 1. The Kier molecular flexibility index (Phi) is 5.95. The predicted molar refractivity (Wildman–Crippen MR) is 97.1 cm³/mol. The van der Waals surface area contributed by atoms with Crippen LogP contribution in [0.3, 0.4) is 0 Å². The largest absolute Gasteiger partial charge is 0.266 e. The molecule has 2 aromatic carbocycles. The molecule has 0 spiro atoms. The molecule has 3 nitrogen and oxygen atoms in total. The third-order valence-corrected chi connectivity index (χ3v) is 6.24. The molecule has 0 fully saturated rings. The second-order valence-electron chi connectivity index (χ2n) is 5.30. The minimum absolute atomic E-state index is 0.0843. The third-order valence-electron chi connectivity index (χ3n) is 3.54. The van der Waals surface area contributed by atoms with Crippen LogP contribution in [0.2, 0.25) is 10.0 Å². The average Bonchev–Trinajstić information content (AvgIpc) is 2.52. The maximum atomic E-state index is 13.1. The summed E-state index contributed by atoms with van der Waals surface area (Å²) in [6.07, 6.45) is 1.66. The molecule has 0 aliphatic rings. The van der Waals surface area contributed by atoms with E-state index in [0.717, 1.165) is 12.8 Å². The maximum absolute atomic E-state index is 13.1. The van der Waals surface area contributed by atoms with E-state index in [1.807, 2.05) is 25.1 Å². The Morgan fingerprint density at radius 2 is 1.70 bits per heavy atom. The number of para-hydroxylation sites is 1. The minimum atomic E-state index is -3.75. The summed E-state index contributed by atoms with van der Waals surface area (Å²) < 4.78 is 27.7. The van der Waals surface area contributed by atoms with E-state index in [1.54, 1.807) is 19.1 Å². The van der Waals surface area contributed by atoms with Gasteiger partial charge in [0.1, 0.15) is 4.90 Å². The molecule has 124 valence electrons. The zero-order chi connectivity index (χ0) is 17.0. The lowest BCUT2D eigenvalue weighted by molar-refractivity contribution is 0.588. The first kappa shape index (κ1) is 18.1. The van der Waals surface area contributed by atoms with Gasteiger partial charge in [0.2, 0.25) is 0 Å². The normalized spacial score (nSPS) is 11.5. The van der Waals surface area contributed by atoms with Crippen LogP contribution in [0.25, 0.3) is 0 Å². The van der Waals surface area contributed by atoms with Crippen LogP contribution in [0.15, 0.2) is 47.4 Å². The highest BCUT2D eigenvalue weighted by molar-refractivity contribution is 7.93. The second kappa shape index (κ2) is 7.56. The molecule has 0 bridgehead atoms. The number of anilines is 1. The summed E-state index contributed by atoms with van der Waals surface area (Å²) in [4.78, 5) is 0.0843. The van der Waals surface area contributed by atoms with E-state index in [1.165, 1.54) is 16.4 Å². The Morgan fingerprint density at radius 1 is 1.04 bits per heavy atom. The van der Waals surface area contributed by atoms with Crippen molar-refractivity contribution in [1.29, 1.82) is 0 Å². The summed E-state index contributed by atoms with van der Waals surface area (Å²) >= 11 is 12.2. The van der Waals surface area contributed by atoms with Crippen molar-refractivity contribution in [3.8, 4) is 0 Å². The van der Waals surface area contributed by atoms with Gasteiger partial charge in [-0.2, -0.15) is 0 Å². The van der Waals surface area contributed by atoms with E-state index in [0.29, 0.717) is 22.8 Å². The Labute approximate surface area is 147 Å². The molecule has 6 heteroatoms. The van der Waals surface area contributed by atoms with Crippen LogP contribution < -0.4 is 4.31 Å². The summed E-state index contributed by atoms with van der Waals surface area (Å²) in [6.45, 7) is 4.19. The standard InChI is InChI=1S/C17H19Cl2NO2S/c1-3-4-10-20(14-8-6-5-7-9-14)23(21,22)17-11-13(2)15(18)12-16(17)19/h5-9,11-12H,3-4,10H2,1-2H3. The Hall–Kier alpha value is -1.23. The van der Waals surface area contributed by atoms with Crippen molar-refractivity contribution in [2.75, 3.05) is 10.8 Å². The van der Waals surface area contributed by atoms with Gasteiger partial charge in [-0.15, -0.1) is 0 Å². The van der Waals surface area contributed by atoms with Crippen LogP contribution in [0, 0.1) is 6.92 Å². The summed E-state index contributed by atoms with van der Waals surface area (Å²) in [5.74, 6) is 0. The van der Waals surface area contributed by atoms with Crippen LogP contribution in [-0.4, -0.2) is 15.0 Å². The van der Waals surface area contributed by atoms with Gasteiger partial charge in [-0.3, -0.25) is 4.31 Å². The van der Waals surface area contributed by atoms with Gasteiger partial charge in [-0.1, -0.05) is 54.7 Å². The monoisotopic (exact) mass is 371 g/mol. The lowest BCUT2D eigenvalue weighted by Gasteiger charge is -2.25. The average molecular weight is 372 g/mol. The fourth-order valence-electron chi connectivity index (χ4n) is 2.23. The number of rotatable bonds is 6. The molecule has 0 N–H and O–H groups in total. The van der Waals surface area contributed by atoms with Gasteiger partial charge >= 0.3 is 0 Å². The second-order valence-corrected chi connectivity index (χ2v) is 7.94. The molecular weight excluding hydrogens is 353 g/mol. The number of hydrogen-bond acceptors (Lipinski definition) is 2. The molecule has 23 heavy (non-hydrogen) atoms. The van der Waals surface area contributed by atoms with Gasteiger partial charge in [0, 0.05) is 11.6 Å². The summed E-state index contributed by atoms with van der Waals surface area (Å²) in [6, 6.07) is 12.1. The Morgan fingerprint density at radius 3 is 2.30 bits per heavy atom. The van der Waals surface area contributed by atoms with Gasteiger partial charge < -0.3 is 0 Å². The molecule has 0 aliphatic heterocycles. The molecule has 0 aromatic heterocycles. The van der Waals surface area contributed by atoms with E-state index in [9.17, 15) is 8.42 Å². The first-order valence-corrected chi connectivity index (χ1v) is 9.61. The molecular formula is C17H19Cl2NO2S. The maximum Gasteiger partial charge on any atom is 0.265 e. The van der Waals surface area contributed by atoms with E-state index in [4.69, 9.17) is 23.2 Å².